The van der Waals surface area contributed by atoms with Gasteiger partial charge < -0.3 is 5.32 Å². The lowest BCUT2D eigenvalue weighted by molar-refractivity contribution is -0.137. The molecule has 0 saturated heterocycles. The van der Waals surface area contributed by atoms with E-state index in [0.717, 1.165) is 40.2 Å². The molecule has 0 spiro atoms. The van der Waals surface area contributed by atoms with E-state index in [-0.39, 0.29) is 36.0 Å². The van der Waals surface area contributed by atoms with Gasteiger partial charge in [-0.15, -0.1) is 0 Å². The molecule has 1 aromatic heterocycles. The zero-order valence-corrected chi connectivity index (χ0v) is 20.3. The van der Waals surface area contributed by atoms with Crippen LogP contribution in [0, 0.1) is 0 Å². The molecule has 0 aliphatic carbocycles. The summed E-state index contributed by atoms with van der Waals surface area (Å²) in [6.07, 6.45) is 0.405. The second kappa shape index (κ2) is 11.1. The lowest BCUT2D eigenvalue weighted by Crippen LogP contribution is -2.32. The predicted molar refractivity (Wildman–Crippen MR) is 130 cm³/mol. The molecule has 1 amide bonds. The number of carbonyl (C=O) groups excluding carboxylic acids is 1. The van der Waals surface area contributed by atoms with Crippen LogP contribution in [0.3, 0.4) is 0 Å². The van der Waals surface area contributed by atoms with Crippen molar-refractivity contribution in [3.63, 3.8) is 0 Å². The first-order valence-electron chi connectivity index (χ1n) is 10.6. The Morgan fingerprint density at radius 2 is 1.66 bits per heavy atom. The van der Waals surface area contributed by atoms with Gasteiger partial charge in [0.05, 0.1) is 22.5 Å². The highest BCUT2D eigenvalue weighted by Gasteiger charge is 2.32. The molecular weight excluding hydrogens is 503 g/mol. The molecule has 3 rings (SSSR count). The van der Waals surface area contributed by atoms with E-state index in [1.807, 2.05) is 24.3 Å². The fourth-order valence-electron chi connectivity index (χ4n) is 3.39. The van der Waals surface area contributed by atoms with Crippen LogP contribution in [0.2, 0.25) is 5.02 Å². The van der Waals surface area contributed by atoms with E-state index >= 15 is 0 Å². The van der Waals surface area contributed by atoms with Crippen LogP contribution in [-0.4, -0.2) is 32.1 Å². The maximum absolute atomic E-state index is 13.1. The van der Waals surface area contributed by atoms with E-state index in [0.29, 0.717) is 11.8 Å². The first-order chi connectivity index (χ1) is 16.4. The molecule has 0 fully saturated rings. The average molecular weight is 526 g/mol. The molecule has 186 valence electrons. The fourth-order valence-corrected chi connectivity index (χ4v) is 4.63. The van der Waals surface area contributed by atoms with Gasteiger partial charge in [-0.25, -0.2) is 8.42 Å². The Bertz CT molecular complexity index is 1270. The van der Waals surface area contributed by atoms with Gasteiger partial charge in [0.15, 0.2) is 0 Å². The smallest absolute Gasteiger partial charge is 0.326 e. The number of hydrogen-bond acceptors (Lipinski definition) is 4. The molecule has 2 aromatic carbocycles. The quantitative estimate of drug-likeness (QED) is 0.398. The van der Waals surface area contributed by atoms with Gasteiger partial charge in [-0.05, 0) is 66.4 Å². The molecule has 35 heavy (non-hydrogen) atoms. The molecule has 0 atom stereocenters. The number of sulfonamides is 1. The van der Waals surface area contributed by atoms with E-state index in [1.54, 1.807) is 24.5 Å². The number of amides is 1. The van der Waals surface area contributed by atoms with Crippen molar-refractivity contribution in [1.82, 2.24) is 4.98 Å². The molecule has 0 unspecified atom stereocenters. The molecule has 0 saturated carbocycles. The van der Waals surface area contributed by atoms with Crippen molar-refractivity contribution in [3.05, 3.63) is 88.7 Å². The van der Waals surface area contributed by atoms with Gasteiger partial charge in [0.2, 0.25) is 15.9 Å². The fraction of sp³-hybridized carbons (Fsp3) is 0.250. The number of hydrogen-bond donors (Lipinski definition) is 1. The Labute approximate surface area is 206 Å². The average Bonchev–Trinajstić information content (AvgIpc) is 2.78. The topological polar surface area (TPSA) is 79.4 Å². The molecule has 0 radical (unpaired) electrons. The zero-order valence-electron chi connectivity index (χ0n) is 18.7. The van der Waals surface area contributed by atoms with Crippen LogP contribution in [0.15, 0.2) is 67.0 Å². The minimum atomic E-state index is -4.66. The SMILES string of the molecule is CS(=O)(=O)N(CCCC(=O)Nc1ccc(Cc2ccncc2)cc1)c1cc(C(F)(F)F)ccc1Cl. The highest BCUT2D eigenvalue weighted by Crippen LogP contribution is 2.36. The van der Waals surface area contributed by atoms with E-state index in [9.17, 15) is 26.4 Å². The molecule has 3 aromatic rings. The number of pyridine rings is 1. The number of nitrogens with one attached hydrogen (secondary N) is 1. The van der Waals surface area contributed by atoms with Crippen molar-refractivity contribution in [2.24, 2.45) is 0 Å². The third kappa shape index (κ3) is 7.69. The van der Waals surface area contributed by atoms with E-state index in [1.165, 1.54) is 0 Å². The minimum absolute atomic E-state index is 0.0403. The van der Waals surface area contributed by atoms with Crippen molar-refractivity contribution in [1.29, 1.82) is 0 Å². The lowest BCUT2D eigenvalue weighted by Gasteiger charge is -2.24. The van der Waals surface area contributed by atoms with Gasteiger partial charge in [0, 0.05) is 31.0 Å². The van der Waals surface area contributed by atoms with E-state index < -0.39 is 21.8 Å². The van der Waals surface area contributed by atoms with Crippen molar-refractivity contribution in [3.8, 4) is 0 Å². The van der Waals surface area contributed by atoms with Crippen LogP contribution >= 0.6 is 11.6 Å². The highest BCUT2D eigenvalue weighted by atomic mass is 35.5. The summed E-state index contributed by atoms with van der Waals surface area (Å²) < 4.78 is 64.6. The van der Waals surface area contributed by atoms with Gasteiger partial charge in [-0.3, -0.25) is 14.1 Å². The summed E-state index contributed by atoms with van der Waals surface area (Å²) >= 11 is 6.00. The Kier molecular flexibility index (Phi) is 8.39. The van der Waals surface area contributed by atoms with Gasteiger partial charge in [0.25, 0.3) is 0 Å². The van der Waals surface area contributed by atoms with Crippen LogP contribution in [0.5, 0.6) is 0 Å². The highest BCUT2D eigenvalue weighted by molar-refractivity contribution is 7.92. The Balaban J connectivity index is 1.60. The lowest BCUT2D eigenvalue weighted by atomic mass is 10.1. The third-order valence-electron chi connectivity index (χ3n) is 5.10. The zero-order chi connectivity index (χ0) is 25.6. The summed E-state index contributed by atoms with van der Waals surface area (Å²) in [5, 5.41) is 2.59. The molecule has 0 aliphatic rings. The molecule has 0 aliphatic heterocycles. The molecule has 6 nitrogen and oxygen atoms in total. The number of carbonyl (C=O) groups is 1. The molecule has 11 heteroatoms. The van der Waals surface area contributed by atoms with Crippen molar-refractivity contribution in [2.75, 3.05) is 22.4 Å². The Hall–Kier alpha value is -3.11. The van der Waals surface area contributed by atoms with Crippen molar-refractivity contribution < 1.29 is 26.4 Å². The predicted octanol–water partition coefficient (Wildman–Crippen LogP) is 5.53. The summed E-state index contributed by atoms with van der Waals surface area (Å²) in [5.41, 5.74) is 1.43. The van der Waals surface area contributed by atoms with Crippen LogP contribution in [0.1, 0.15) is 29.5 Å². The third-order valence-corrected chi connectivity index (χ3v) is 6.60. The minimum Gasteiger partial charge on any atom is -0.326 e. The Morgan fingerprint density at radius 1 is 1.03 bits per heavy atom. The molecule has 1 heterocycles. The van der Waals surface area contributed by atoms with Crippen LogP contribution < -0.4 is 9.62 Å². The summed E-state index contributed by atoms with van der Waals surface area (Å²) in [4.78, 5) is 16.3. The number of nitrogens with zero attached hydrogens (tertiary/aromatic N) is 2. The first-order valence-corrected chi connectivity index (χ1v) is 12.8. The number of benzene rings is 2. The maximum Gasteiger partial charge on any atom is 0.416 e. The largest absolute Gasteiger partial charge is 0.416 e. The van der Waals surface area contributed by atoms with Crippen molar-refractivity contribution in [2.45, 2.75) is 25.4 Å². The molecular formula is C24H23ClF3N3O3S. The van der Waals surface area contributed by atoms with Gasteiger partial charge in [0.1, 0.15) is 0 Å². The first kappa shape index (κ1) is 26.5. The molecule has 1 N–H and O–H groups in total. The second-order valence-electron chi connectivity index (χ2n) is 7.88. The van der Waals surface area contributed by atoms with Crippen LogP contribution in [0.25, 0.3) is 0 Å². The number of halogens is 4. The van der Waals surface area contributed by atoms with E-state index in [4.69, 9.17) is 11.6 Å². The summed E-state index contributed by atoms with van der Waals surface area (Å²) in [6.45, 7) is -0.210. The number of rotatable bonds is 9. The van der Waals surface area contributed by atoms with Gasteiger partial charge in [-0.1, -0.05) is 23.7 Å². The number of anilines is 2. The van der Waals surface area contributed by atoms with Gasteiger partial charge in [-0.2, -0.15) is 13.2 Å². The maximum atomic E-state index is 13.1. The standard InChI is InChI=1S/C24H23ClF3N3O3S/c1-35(33,34)31(22-16-19(24(26,27)28)6-9-21(22)25)14-2-3-23(32)30-20-7-4-17(5-8-20)15-18-10-12-29-13-11-18/h4-13,16H,2-3,14-15H2,1H3,(H,30,32). The summed E-state index contributed by atoms with van der Waals surface area (Å²) in [5.74, 6) is -0.351. The monoisotopic (exact) mass is 525 g/mol. The Morgan fingerprint density at radius 3 is 2.26 bits per heavy atom. The summed E-state index contributed by atoms with van der Waals surface area (Å²) in [6, 6.07) is 13.6. The van der Waals surface area contributed by atoms with Crippen LogP contribution in [-0.2, 0) is 27.4 Å². The number of aromatic nitrogens is 1. The van der Waals surface area contributed by atoms with Gasteiger partial charge >= 0.3 is 6.18 Å². The molecule has 0 bridgehead atoms. The van der Waals surface area contributed by atoms with E-state index in [2.05, 4.69) is 10.3 Å². The van der Waals surface area contributed by atoms with Crippen LogP contribution in [0.4, 0.5) is 24.5 Å². The number of alkyl halides is 3. The van der Waals surface area contributed by atoms with Crippen molar-refractivity contribution >= 4 is 38.9 Å². The summed E-state index contributed by atoms with van der Waals surface area (Å²) in [7, 11) is -3.94. The second-order valence-corrected chi connectivity index (χ2v) is 10.2. The normalized spacial score (nSPS) is 11.8.